The lowest BCUT2D eigenvalue weighted by atomic mass is 9.84. The molecular formula is C44H24N6. The van der Waals surface area contributed by atoms with Crippen LogP contribution >= 0.6 is 0 Å². The summed E-state index contributed by atoms with van der Waals surface area (Å²) in [7, 11) is 0. The number of para-hydroxylation sites is 5. The summed E-state index contributed by atoms with van der Waals surface area (Å²) in [6.07, 6.45) is 0. The van der Waals surface area contributed by atoms with Gasteiger partial charge in [0.2, 0.25) is 0 Å². The number of benzene rings is 7. The summed E-state index contributed by atoms with van der Waals surface area (Å²) in [5, 5.41) is 42.5. The summed E-state index contributed by atoms with van der Waals surface area (Å²) in [6, 6.07) is 56.8. The van der Waals surface area contributed by atoms with E-state index in [1.54, 1.807) is 0 Å². The van der Waals surface area contributed by atoms with Crippen LogP contribution in [0.5, 0.6) is 0 Å². The van der Waals surface area contributed by atoms with Gasteiger partial charge in [0.15, 0.2) is 0 Å². The molecule has 0 aliphatic carbocycles. The van der Waals surface area contributed by atoms with Crippen molar-refractivity contribution in [3.63, 3.8) is 0 Å². The molecule has 0 saturated heterocycles. The molecule has 0 fully saturated rings. The Labute approximate surface area is 289 Å². The van der Waals surface area contributed by atoms with Gasteiger partial charge >= 0.3 is 0 Å². The van der Waals surface area contributed by atoms with Gasteiger partial charge in [-0.2, -0.15) is 21.0 Å². The Bertz CT molecular complexity index is 2600. The minimum Gasteiger partial charge on any atom is -0.306 e. The molecule has 1 aliphatic heterocycles. The van der Waals surface area contributed by atoms with Gasteiger partial charge in [0, 0.05) is 22.5 Å². The largest absolute Gasteiger partial charge is 0.306 e. The molecule has 0 unspecified atom stereocenters. The lowest BCUT2D eigenvalue weighted by Crippen LogP contribution is -2.24. The van der Waals surface area contributed by atoms with E-state index in [9.17, 15) is 21.0 Å². The molecule has 0 radical (unpaired) electrons. The maximum atomic E-state index is 10.4. The number of rotatable bonds is 4. The summed E-state index contributed by atoms with van der Waals surface area (Å²) in [6.45, 7) is 0. The lowest BCUT2D eigenvalue weighted by molar-refractivity contribution is 1.17. The molecule has 8 rings (SSSR count). The molecule has 0 amide bonds. The summed E-state index contributed by atoms with van der Waals surface area (Å²) in [5.74, 6) is 0. The van der Waals surface area contributed by atoms with E-state index >= 15 is 0 Å². The highest BCUT2D eigenvalue weighted by atomic mass is 15.3. The van der Waals surface area contributed by atoms with Crippen LogP contribution in [0.25, 0.3) is 33.0 Å². The van der Waals surface area contributed by atoms with Crippen molar-refractivity contribution in [2.75, 3.05) is 9.80 Å². The van der Waals surface area contributed by atoms with Gasteiger partial charge in [-0.3, -0.25) is 0 Å². The van der Waals surface area contributed by atoms with E-state index in [1.165, 1.54) is 6.07 Å². The number of hydrogen-bond donors (Lipinski definition) is 0. The maximum absolute atomic E-state index is 10.4. The van der Waals surface area contributed by atoms with Crippen LogP contribution in [-0.4, -0.2) is 0 Å². The molecule has 7 aromatic carbocycles. The third-order valence-corrected chi connectivity index (χ3v) is 9.13. The third kappa shape index (κ3) is 4.54. The summed E-state index contributed by atoms with van der Waals surface area (Å²) in [4.78, 5) is 4.56. The predicted octanol–water partition coefficient (Wildman–Crippen LogP) is 10.9. The first-order chi connectivity index (χ1) is 24.7. The lowest BCUT2D eigenvalue weighted by Gasteiger charge is -2.41. The fourth-order valence-electron chi connectivity index (χ4n) is 7.09. The van der Waals surface area contributed by atoms with Crippen molar-refractivity contribution >= 4 is 44.9 Å². The minimum atomic E-state index is 0.0509. The van der Waals surface area contributed by atoms with E-state index in [2.05, 4.69) is 88.7 Å². The van der Waals surface area contributed by atoms with Gasteiger partial charge < -0.3 is 9.80 Å². The molecule has 0 saturated carbocycles. The summed E-state index contributed by atoms with van der Waals surface area (Å²) >= 11 is 0. The van der Waals surface area contributed by atoms with Gasteiger partial charge in [-0.15, -0.1) is 0 Å². The average molecular weight is 637 g/mol. The summed E-state index contributed by atoms with van der Waals surface area (Å²) < 4.78 is 0. The Balaban J connectivity index is 1.51. The Hall–Kier alpha value is -7.64. The second-order valence-corrected chi connectivity index (χ2v) is 11.8. The summed E-state index contributed by atoms with van der Waals surface area (Å²) in [5.41, 5.74) is 8.86. The Morgan fingerprint density at radius 3 is 1.46 bits per heavy atom. The highest BCUT2D eigenvalue weighted by Crippen LogP contribution is 2.57. The van der Waals surface area contributed by atoms with Crippen molar-refractivity contribution in [3.05, 3.63) is 168 Å². The third-order valence-electron chi connectivity index (χ3n) is 9.13. The van der Waals surface area contributed by atoms with Crippen LogP contribution in [0.1, 0.15) is 22.3 Å². The van der Waals surface area contributed by atoms with E-state index in [1.807, 2.05) is 84.9 Å². The molecule has 7 aromatic rings. The molecule has 0 spiro atoms. The smallest absolute Gasteiger partial charge is 0.101 e. The van der Waals surface area contributed by atoms with E-state index in [4.69, 9.17) is 0 Å². The van der Waals surface area contributed by atoms with Crippen molar-refractivity contribution in [2.45, 2.75) is 0 Å². The molecule has 0 N–H and O–H groups in total. The average Bonchev–Trinajstić information content (AvgIpc) is 3.18. The molecule has 1 aliphatic rings. The Morgan fingerprint density at radius 2 is 0.880 bits per heavy atom. The zero-order chi connectivity index (χ0) is 34.2. The van der Waals surface area contributed by atoms with Gasteiger partial charge in [0.05, 0.1) is 45.0 Å². The fourth-order valence-corrected chi connectivity index (χ4v) is 7.09. The highest BCUT2D eigenvalue weighted by Gasteiger charge is 2.33. The normalized spacial score (nSPS) is 11.4. The molecule has 0 aromatic heterocycles. The van der Waals surface area contributed by atoms with Crippen LogP contribution in [0.4, 0.5) is 34.1 Å². The van der Waals surface area contributed by atoms with Gasteiger partial charge in [-0.25, -0.2) is 0 Å². The number of nitriles is 4. The molecule has 6 nitrogen and oxygen atoms in total. The Kier molecular flexibility index (Phi) is 7.25. The van der Waals surface area contributed by atoms with Crippen LogP contribution in [0.15, 0.2) is 146 Å². The topological polar surface area (TPSA) is 102 Å². The molecule has 0 bridgehead atoms. The molecule has 230 valence electrons. The first-order valence-corrected chi connectivity index (χ1v) is 15.9. The maximum Gasteiger partial charge on any atom is 0.101 e. The van der Waals surface area contributed by atoms with Gasteiger partial charge in [-0.05, 0) is 70.4 Å². The zero-order valence-corrected chi connectivity index (χ0v) is 26.5. The van der Waals surface area contributed by atoms with Gasteiger partial charge in [0.25, 0.3) is 0 Å². The Morgan fingerprint density at radius 1 is 0.400 bits per heavy atom. The van der Waals surface area contributed by atoms with E-state index in [-0.39, 0.29) is 27.8 Å². The molecule has 0 atom stereocenters. The van der Waals surface area contributed by atoms with Crippen molar-refractivity contribution in [1.29, 1.82) is 21.0 Å². The molecular weight excluding hydrogens is 613 g/mol. The number of nitrogens with zero attached hydrogens (tertiary/aromatic N) is 6. The fraction of sp³-hybridized carbons (Fsp3) is 0. The quantitative estimate of drug-likeness (QED) is 0.190. The zero-order valence-electron chi connectivity index (χ0n) is 26.5. The monoisotopic (exact) mass is 636 g/mol. The standard InChI is InChI=1S/C44H24N6/c45-25-30-24-31(26-46)38(28-48)43(37(30)27-47)36-20-10-13-29-12-9-18-34(42(29)36)35-19-11-23-41-44(35)50(33-16-5-2-6-17-33)40-22-8-7-21-39(40)49(41)32-14-3-1-4-15-32/h1-24H. The molecule has 50 heavy (non-hydrogen) atoms. The SMILES string of the molecule is N#Cc1cc(C#N)c(C#N)c(-c2cccc3cccc(-c4cccc5c4N(c4ccccc4)c4ccccc4N5c4ccccc4)c23)c1C#N. The first kappa shape index (κ1) is 29.7. The van der Waals surface area contributed by atoms with Crippen molar-refractivity contribution in [1.82, 2.24) is 0 Å². The minimum absolute atomic E-state index is 0.0509. The number of hydrogen-bond acceptors (Lipinski definition) is 6. The van der Waals surface area contributed by atoms with Crippen molar-refractivity contribution < 1.29 is 0 Å². The molecule has 1 heterocycles. The second kappa shape index (κ2) is 12.2. The van der Waals surface area contributed by atoms with Crippen LogP contribution in [0.2, 0.25) is 0 Å². The van der Waals surface area contributed by atoms with Crippen LogP contribution in [0, 0.1) is 45.3 Å². The van der Waals surface area contributed by atoms with Crippen LogP contribution in [-0.2, 0) is 0 Å². The van der Waals surface area contributed by atoms with Crippen molar-refractivity contribution in [2.24, 2.45) is 0 Å². The number of fused-ring (bicyclic) bond motifs is 3. The predicted molar refractivity (Wildman–Crippen MR) is 197 cm³/mol. The van der Waals surface area contributed by atoms with E-state index in [0.29, 0.717) is 5.56 Å². The van der Waals surface area contributed by atoms with Crippen molar-refractivity contribution in [3.8, 4) is 46.5 Å². The van der Waals surface area contributed by atoms with E-state index in [0.717, 1.165) is 56.0 Å². The molecule has 6 heteroatoms. The van der Waals surface area contributed by atoms with E-state index < -0.39 is 0 Å². The second-order valence-electron chi connectivity index (χ2n) is 11.8. The van der Waals surface area contributed by atoms with Gasteiger partial charge in [-0.1, -0.05) is 97.1 Å². The first-order valence-electron chi connectivity index (χ1n) is 15.9. The van der Waals surface area contributed by atoms with Crippen LogP contribution < -0.4 is 9.80 Å². The van der Waals surface area contributed by atoms with Gasteiger partial charge in [0.1, 0.15) is 24.3 Å². The highest BCUT2D eigenvalue weighted by molar-refractivity contribution is 6.13. The van der Waals surface area contributed by atoms with Crippen LogP contribution in [0.3, 0.4) is 0 Å². The number of anilines is 6.